The van der Waals surface area contributed by atoms with Gasteiger partial charge >= 0.3 is 12.1 Å². The zero-order chi connectivity index (χ0) is 21.0. The van der Waals surface area contributed by atoms with Crippen LogP contribution in [0.5, 0.6) is 0 Å². The van der Waals surface area contributed by atoms with Crippen molar-refractivity contribution in [3.63, 3.8) is 0 Å². The molecule has 3 rings (SSSR count). The largest absolute Gasteiger partial charge is 0.465 e. The standard InChI is InChI=1S/C22H16F3NO3/c1-29-21(28)19-12-5-3-10-17(19)16-9-2-4-11-18(16)20(27)26-15-8-6-7-14(13-15)22(23,24)25/h2-13H,1H3,(H,26,27). The molecule has 4 nitrogen and oxygen atoms in total. The molecule has 0 saturated heterocycles. The number of hydrogen-bond acceptors (Lipinski definition) is 3. The van der Waals surface area contributed by atoms with Gasteiger partial charge in [0.05, 0.1) is 18.2 Å². The molecule has 29 heavy (non-hydrogen) atoms. The number of anilines is 1. The molecule has 148 valence electrons. The molecule has 0 heterocycles. The number of hydrogen-bond donors (Lipinski definition) is 1. The molecule has 7 heteroatoms. The van der Waals surface area contributed by atoms with E-state index in [1.54, 1.807) is 42.5 Å². The van der Waals surface area contributed by atoms with E-state index in [0.29, 0.717) is 11.1 Å². The molecule has 0 aromatic heterocycles. The Hall–Kier alpha value is -3.61. The van der Waals surface area contributed by atoms with Gasteiger partial charge in [0.15, 0.2) is 0 Å². The van der Waals surface area contributed by atoms with Crippen LogP contribution in [-0.4, -0.2) is 19.0 Å². The van der Waals surface area contributed by atoms with Gasteiger partial charge in [-0.05, 0) is 41.5 Å². The molecule has 0 aliphatic rings. The van der Waals surface area contributed by atoms with Gasteiger partial charge in [0.1, 0.15) is 0 Å². The highest BCUT2D eigenvalue weighted by Crippen LogP contribution is 2.32. The second-order valence-corrected chi connectivity index (χ2v) is 6.12. The Balaban J connectivity index is 1.99. The predicted molar refractivity (Wildman–Crippen MR) is 103 cm³/mol. The Morgan fingerprint density at radius 2 is 1.41 bits per heavy atom. The van der Waals surface area contributed by atoms with E-state index >= 15 is 0 Å². The van der Waals surface area contributed by atoms with Crippen LogP contribution < -0.4 is 5.32 Å². The van der Waals surface area contributed by atoms with E-state index < -0.39 is 23.6 Å². The number of carbonyl (C=O) groups is 2. The molecule has 3 aromatic carbocycles. The van der Waals surface area contributed by atoms with Gasteiger partial charge in [-0.3, -0.25) is 4.79 Å². The second-order valence-electron chi connectivity index (χ2n) is 6.12. The molecule has 0 aliphatic carbocycles. The van der Waals surface area contributed by atoms with Gasteiger partial charge in [-0.2, -0.15) is 13.2 Å². The summed E-state index contributed by atoms with van der Waals surface area (Å²) in [6.07, 6.45) is -4.52. The summed E-state index contributed by atoms with van der Waals surface area (Å²) >= 11 is 0. The number of benzene rings is 3. The molecule has 0 saturated carbocycles. The zero-order valence-electron chi connectivity index (χ0n) is 15.3. The number of halogens is 3. The number of rotatable bonds is 4. The van der Waals surface area contributed by atoms with Gasteiger partial charge < -0.3 is 10.1 Å². The highest BCUT2D eigenvalue weighted by Gasteiger charge is 2.30. The van der Waals surface area contributed by atoms with Crippen LogP contribution in [0, 0.1) is 0 Å². The summed E-state index contributed by atoms with van der Waals surface area (Å²) in [5.41, 5.74) is 0.572. The summed E-state index contributed by atoms with van der Waals surface area (Å²) in [7, 11) is 1.26. The highest BCUT2D eigenvalue weighted by atomic mass is 19.4. The van der Waals surface area contributed by atoms with Crippen LogP contribution in [0.1, 0.15) is 26.3 Å². The van der Waals surface area contributed by atoms with Crippen LogP contribution in [0.3, 0.4) is 0 Å². The van der Waals surface area contributed by atoms with Crippen molar-refractivity contribution in [2.24, 2.45) is 0 Å². The van der Waals surface area contributed by atoms with E-state index in [9.17, 15) is 22.8 Å². The van der Waals surface area contributed by atoms with E-state index in [4.69, 9.17) is 4.74 Å². The van der Waals surface area contributed by atoms with Crippen molar-refractivity contribution in [1.29, 1.82) is 0 Å². The number of ether oxygens (including phenoxy) is 1. The van der Waals surface area contributed by atoms with Crippen LogP contribution in [0.2, 0.25) is 0 Å². The van der Waals surface area contributed by atoms with Crippen molar-refractivity contribution in [3.05, 3.63) is 89.5 Å². The van der Waals surface area contributed by atoms with E-state index in [-0.39, 0.29) is 16.8 Å². The first kappa shape index (κ1) is 20.1. The molecule has 0 atom stereocenters. The Kier molecular flexibility index (Phi) is 5.68. The van der Waals surface area contributed by atoms with Gasteiger partial charge in [-0.15, -0.1) is 0 Å². The van der Waals surface area contributed by atoms with E-state index in [2.05, 4.69) is 5.32 Å². The Labute approximate surface area is 164 Å². The third-order valence-corrected chi connectivity index (χ3v) is 4.24. The van der Waals surface area contributed by atoms with Crippen LogP contribution >= 0.6 is 0 Å². The summed E-state index contributed by atoms with van der Waals surface area (Å²) in [5.74, 6) is -1.16. The number of esters is 1. The molecular weight excluding hydrogens is 383 g/mol. The van der Waals surface area contributed by atoms with Gasteiger partial charge in [-0.25, -0.2) is 4.79 Å². The van der Waals surface area contributed by atoms with E-state index in [1.807, 2.05) is 0 Å². The fourth-order valence-electron chi connectivity index (χ4n) is 2.89. The molecule has 3 aromatic rings. The lowest BCUT2D eigenvalue weighted by Gasteiger charge is -2.14. The lowest BCUT2D eigenvalue weighted by Crippen LogP contribution is -2.15. The summed E-state index contributed by atoms with van der Waals surface area (Å²) in [6.45, 7) is 0. The average Bonchev–Trinajstić information content (AvgIpc) is 2.72. The van der Waals surface area contributed by atoms with Crippen LogP contribution in [0.15, 0.2) is 72.8 Å². The van der Waals surface area contributed by atoms with Crippen molar-refractivity contribution >= 4 is 17.6 Å². The minimum absolute atomic E-state index is 0.0147. The zero-order valence-corrected chi connectivity index (χ0v) is 15.3. The lowest BCUT2D eigenvalue weighted by molar-refractivity contribution is -0.137. The maximum atomic E-state index is 12.9. The second kappa shape index (κ2) is 8.18. The minimum Gasteiger partial charge on any atom is -0.465 e. The van der Waals surface area contributed by atoms with Crippen LogP contribution in [-0.2, 0) is 10.9 Å². The number of alkyl halides is 3. The first-order valence-corrected chi connectivity index (χ1v) is 8.56. The van der Waals surface area contributed by atoms with Gasteiger partial charge in [0.25, 0.3) is 5.91 Å². The minimum atomic E-state index is -4.52. The Morgan fingerprint density at radius 3 is 2.03 bits per heavy atom. The number of amides is 1. The molecule has 1 amide bonds. The summed E-state index contributed by atoms with van der Waals surface area (Å²) in [4.78, 5) is 24.9. The average molecular weight is 399 g/mol. The molecule has 0 radical (unpaired) electrons. The summed E-state index contributed by atoms with van der Waals surface area (Å²) in [6, 6.07) is 17.5. The third kappa shape index (κ3) is 4.45. The molecule has 1 N–H and O–H groups in total. The Bertz CT molecular complexity index is 1060. The van der Waals surface area contributed by atoms with Crippen molar-refractivity contribution in [2.45, 2.75) is 6.18 Å². The van der Waals surface area contributed by atoms with Gasteiger partial charge in [-0.1, -0.05) is 42.5 Å². The number of nitrogens with one attached hydrogen (secondary N) is 1. The first-order chi connectivity index (χ1) is 13.8. The summed E-state index contributed by atoms with van der Waals surface area (Å²) < 4.78 is 43.5. The monoisotopic (exact) mass is 399 g/mol. The molecule has 0 fully saturated rings. The molecule has 0 spiro atoms. The van der Waals surface area contributed by atoms with E-state index in [0.717, 1.165) is 12.1 Å². The molecule has 0 aliphatic heterocycles. The van der Waals surface area contributed by atoms with E-state index in [1.165, 1.54) is 25.3 Å². The van der Waals surface area contributed by atoms with Crippen molar-refractivity contribution in [1.82, 2.24) is 0 Å². The van der Waals surface area contributed by atoms with Crippen LogP contribution in [0.4, 0.5) is 18.9 Å². The molecule has 0 bridgehead atoms. The number of carbonyl (C=O) groups excluding carboxylic acids is 2. The fraction of sp³-hybridized carbons (Fsp3) is 0.0909. The Morgan fingerprint density at radius 1 is 0.828 bits per heavy atom. The summed E-state index contributed by atoms with van der Waals surface area (Å²) in [5, 5.41) is 2.49. The number of methoxy groups -OCH3 is 1. The predicted octanol–water partition coefficient (Wildman–Crippen LogP) is 5.41. The normalized spacial score (nSPS) is 11.0. The third-order valence-electron chi connectivity index (χ3n) is 4.24. The van der Waals surface area contributed by atoms with Crippen molar-refractivity contribution < 1.29 is 27.5 Å². The van der Waals surface area contributed by atoms with Crippen LogP contribution in [0.25, 0.3) is 11.1 Å². The van der Waals surface area contributed by atoms with Crippen molar-refractivity contribution in [2.75, 3.05) is 12.4 Å². The highest BCUT2D eigenvalue weighted by molar-refractivity contribution is 6.10. The van der Waals surface area contributed by atoms with Gasteiger partial charge in [0.2, 0.25) is 0 Å². The quantitative estimate of drug-likeness (QED) is 0.597. The van der Waals surface area contributed by atoms with Crippen molar-refractivity contribution in [3.8, 4) is 11.1 Å². The fourth-order valence-corrected chi connectivity index (χ4v) is 2.89. The SMILES string of the molecule is COC(=O)c1ccccc1-c1ccccc1C(=O)Nc1cccc(C(F)(F)F)c1. The first-order valence-electron chi connectivity index (χ1n) is 8.56. The van der Waals surface area contributed by atoms with Gasteiger partial charge in [0, 0.05) is 11.3 Å². The maximum absolute atomic E-state index is 12.9. The molecule has 0 unspecified atom stereocenters. The molecular formula is C22H16F3NO3. The topological polar surface area (TPSA) is 55.4 Å². The smallest absolute Gasteiger partial charge is 0.416 e. The lowest BCUT2D eigenvalue weighted by atomic mass is 9.95. The maximum Gasteiger partial charge on any atom is 0.416 e.